The lowest BCUT2D eigenvalue weighted by Gasteiger charge is -2.33. The van der Waals surface area contributed by atoms with Crippen LogP contribution in [-0.4, -0.2) is 46.7 Å². The zero-order chi connectivity index (χ0) is 24.7. The SMILES string of the molecule is CC(=O)O[C@]1(C)C[C@H](C2=C[C@@H](C(C)C)CC[C@@H]2OCc2ccccc2)O[C@@H]1CCC(=O)C=[N+]=[N-]. The van der Waals surface area contributed by atoms with Crippen LogP contribution in [0.25, 0.3) is 5.53 Å². The number of carbonyl (C=O) groups excluding carboxylic acids is 2. The maximum atomic E-state index is 11.9. The molecule has 1 aliphatic heterocycles. The standard InChI is InChI=1S/C27H36N2O5/c1-18(2)21-10-12-24(32-17-20-8-6-5-7-9-20)23(14-21)25-15-27(4,34-19(3)30)26(33-25)13-11-22(31)16-29-28/h5-9,14,16,18,21,24-26H,10-13,15,17H2,1-4H3/t21-,24-,25+,26+,27+/m0/s1. The van der Waals surface area contributed by atoms with E-state index in [4.69, 9.17) is 19.7 Å². The number of Topliss-reactive ketones (excluding diaryl/α,β-unsaturated/α-hetero) is 1. The Balaban J connectivity index is 1.81. The maximum Gasteiger partial charge on any atom is 0.323 e. The van der Waals surface area contributed by atoms with E-state index < -0.39 is 11.7 Å². The van der Waals surface area contributed by atoms with Gasteiger partial charge in [-0.3, -0.25) is 9.59 Å². The van der Waals surface area contributed by atoms with Crippen LogP contribution >= 0.6 is 0 Å². The van der Waals surface area contributed by atoms with Gasteiger partial charge in [-0.1, -0.05) is 50.3 Å². The minimum Gasteiger partial charge on any atom is -0.457 e. The Hall–Kier alpha value is -2.60. The van der Waals surface area contributed by atoms with E-state index in [1.54, 1.807) is 0 Å². The average Bonchev–Trinajstić information content (AvgIpc) is 3.12. The summed E-state index contributed by atoms with van der Waals surface area (Å²) in [6.07, 6.45) is 5.35. The van der Waals surface area contributed by atoms with Gasteiger partial charge >= 0.3 is 12.2 Å². The van der Waals surface area contributed by atoms with Crippen molar-refractivity contribution in [2.75, 3.05) is 0 Å². The first-order valence-corrected chi connectivity index (χ1v) is 12.1. The molecule has 184 valence electrons. The van der Waals surface area contributed by atoms with Crippen LogP contribution in [0, 0.1) is 11.8 Å². The zero-order valence-corrected chi connectivity index (χ0v) is 20.6. The number of carbonyl (C=O) groups is 2. The third-order valence-electron chi connectivity index (χ3n) is 6.89. The number of rotatable bonds is 10. The molecular weight excluding hydrogens is 432 g/mol. The summed E-state index contributed by atoms with van der Waals surface area (Å²) >= 11 is 0. The van der Waals surface area contributed by atoms with Crippen LogP contribution in [-0.2, 0) is 30.4 Å². The highest BCUT2D eigenvalue weighted by Gasteiger charge is 2.50. The lowest BCUT2D eigenvalue weighted by atomic mass is 9.79. The largest absolute Gasteiger partial charge is 0.457 e. The van der Waals surface area contributed by atoms with E-state index in [1.165, 1.54) is 6.92 Å². The van der Waals surface area contributed by atoms with Crippen LogP contribution in [0.4, 0.5) is 0 Å². The molecule has 0 saturated carbocycles. The van der Waals surface area contributed by atoms with Crippen molar-refractivity contribution in [3.63, 3.8) is 0 Å². The Bertz CT molecular complexity index is 938. The molecule has 0 bridgehead atoms. The molecule has 3 rings (SSSR count). The normalized spacial score (nSPS) is 28.8. The summed E-state index contributed by atoms with van der Waals surface area (Å²) < 4.78 is 18.6. The van der Waals surface area contributed by atoms with Crippen molar-refractivity contribution < 1.29 is 28.6 Å². The quantitative estimate of drug-likeness (QED) is 0.163. The van der Waals surface area contributed by atoms with Gasteiger partial charge < -0.3 is 19.7 Å². The molecule has 1 aromatic rings. The van der Waals surface area contributed by atoms with Crippen molar-refractivity contribution in [2.24, 2.45) is 11.8 Å². The third-order valence-corrected chi connectivity index (χ3v) is 6.89. The van der Waals surface area contributed by atoms with Crippen LogP contribution in [0.5, 0.6) is 0 Å². The first kappa shape index (κ1) is 26.0. The van der Waals surface area contributed by atoms with E-state index >= 15 is 0 Å². The second-order valence-corrected chi connectivity index (χ2v) is 9.91. The van der Waals surface area contributed by atoms with Crippen molar-refractivity contribution in [1.82, 2.24) is 0 Å². The predicted octanol–water partition coefficient (Wildman–Crippen LogP) is 4.69. The third kappa shape index (κ3) is 6.72. The number of hydrogen-bond acceptors (Lipinski definition) is 5. The second-order valence-electron chi connectivity index (χ2n) is 9.91. The van der Waals surface area contributed by atoms with Gasteiger partial charge in [0.2, 0.25) is 5.78 Å². The van der Waals surface area contributed by atoms with Crippen molar-refractivity contribution >= 4 is 18.0 Å². The first-order valence-electron chi connectivity index (χ1n) is 12.1. The average molecular weight is 469 g/mol. The fraction of sp³-hybridized carbons (Fsp3) is 0.593. The highest BCUT2D eigenvalue weighted by Crippen LogP contribution is 2.43. The summed E-state index contributed by atoms with van der Waals surface area (Å²) in [4.78, 5) is 26.6. The number of nitrogens with zero attached hydrogens (tertiary/aromatic N) is 2. The fourth-order valence-corrected chi connectivity index (χ4v) is 5.04. The molecule has 1 heterocycles. The number of hydrogen-bond donors (Lipinski definition) is 0. The minimum atomic E-state index is -0.858. The minimum absolute atomic E-state index is 0.0799. The molecule has 5 atom stereocenters. The van der Waals surface area contributed by atoms with Gasteiger partial charge in [0, 0.05) is 19.8 Å². The molecule has 1 aliphatic carbocycles. The van der Waals surface area contributed by atoms with E-state index in [0.717, 1.165) is 30.2 Å². The van der Waals surface area contributed by atoms with Crippen molar-refractivity contribution in [2.45, 2.75) is 90.3 Å². The molecule has 2 aliphatic rings. The van der Waals surface area contributed by atoms with Gasteiger partial charge in [0.15, 0.2) is 0 Å². The monoisotopic (exact) mass is 468 g/mol. The van der Waals surface area contributed by atoms with Gasteiger partial charge in [0.05, 0.1) is 24.9 Å². The Morgan fingerprint density at radius 1 is 1.26 bits per heavy atom. The van der Waals surface area contributed by atoms with Crippen molar-refractivity contribution in [3.05, 3.63) is 53.1 Å². The van der Waals surface area contributed by atoms with E-state index in [0.29, 0.717) is 31.3 Å². The summed E-state index contributed by atoms with van der Waals surface area (Å²) in [5, 5.41) is 0. The highest BCUT2D eigenvalue weighted by atomic mass is 16.6. The molecular formula is C27H36N2O5. The molecule has 0 aromatic heterocycles. The number of ether oxygens (including phenoxy) is 3. The van der Waals surface area contributed by atoms with Crippen molar-refractivity contribution in [1.29, 1.82) is 0 Å². The van der Waals surface area contributed by atoms with Crippen LogP contribution in [0.15, 0.2) is 42.0 Å². The molecule has 0 spiro atoms. The number of benzene rings is 1. The predicted molar refractivity (Wildman–Crippen MR) is 128 cm³/mol. The highest BCUT2D eigenvalue weighted by molar-refractivity contribution is 6.25. The molecule has 0 N–H and O–H groups in total. The molecule has 1 saturated heterocycles. The summed E-state index contributed by atoms with van der Waals surface area (Å²) in [7, 11) is 0. The zero-order valence-electron chi connectivity index (χ0n) is 20.6. The molecule has 0 unspecified atom stereocenters. The molecule has 34 heavy (non-hydrogen) atoms. The van der Waals surface area contributed by atoms with Crippen LogP contribution < -0.4 is 0 Å². The Labute approximate surface area is 202 Å². The Morgan fingerprint density at radius 2 is 2.00 bits per heavy atom. The van der Waals surface area contributed by atoms with E-state index in [-0.39, 0.29) is 30.4 Å². The number of esters is 1. The van der Waals surface area contributed by atoms with Crippen LogP contribution in [0.3, 0.4) is 0 Å². The van der Waals surface area contributed by atoms with Gasteiger partial charge in [0.25, 0.3) is 0 Å². The molecule has 1 fully saturated rings. The van der Waals surface area contributed by atoms with Crippen LogP contribution in [0.2, 0.25) is 0 Å². The van der Waals surface area contributed by atoms with E-state index in [9.17, 15) is 9.59 Å². The number of allylic oxidation sites excluding steroid dienone is 1. The summed E-state index contributed by atoms with van der Waals surface area (Å²) in [6.45, 7) is 8.22. The number of ketones is 1. The maximum absolute atomic E-state index is 11.9. The smallest absolute Gasteiger partial charge is 0.323 e. The summed E-state index contributed by atoms with van der Waals surface area (Å²) in [6, 6.07) is 10.1. The molecule has 7 heteroatoms. The van der Waals surface area contributed by atoms with Gasteiger partial charge in [-0.2, -0.15) is 4.79 Å². The van der Waals surface area contributed by atoms with Gasteiger partial charge in [-0.05, 0) is 49.2 Å². The Morgan fingerprint density at radius 3 is 2.65 bits per heavy atom. The molecule has 7 nitrogen and oxygen atoms in total. The van der Waals surface area contributed by atoms with Gasteiger partial charge in [0.1, 0.15) is 5.60 Å². The molecule has 1 aromatic carbocycles. The lowest BCUT2D eigenvalue weighted by Crippen LogP contribution is -2.39. The van der Waals surface area contributed by atoms with E-state index in [1.807, 2.05) is 25.1 Å². The second kappa shape index (κ2) is 11.7. The van der Waals surface area contributed by atoms with Gasteiger partial charge in [-0.15, -0.1) is 0 Å². The van der Waals surface area contributed by atoms with Gasteiger partial charge in [-0.25, -0.2) is 0 Å². The summed E-state index contributed by atoms with van der Waals surface area (Å²) in [5.41, 5.74) is 9.98. The Kier molecular flexibility index (Phi) is 8.95. The topological polar surface area (TPSA) is 98.2 Å². The fourth-order valence-electron chi connectivity index (χ4n) is 5.04. The summed E-state index contributed by atoms with van der Waals surface area (Å²) in [5.74, 6) is 0.240. The first-order chi connectivity index (χ1) is 16.2. The van der Waals surface area contributed by atoms with Crippen molar-refractivity contribution in [3.8, 4) is 0 Å². The van der Waals surface area contributed by atoms with E-state index in [2.05, 4.69) is 36.8 Å². The van der Waals surface area contributed by atoms with Crippen LogP contribution in [0.1, 0.15) is 65.4 Å². The molecule has 0 radical (unpaired) electrons. The lowest BCUT2D eigenvalue weighted by molar-refractivity contribution is -0.161. The molecule has 0 amide bonds.